The van der Waals surface area contributed by atoms with E-state index in [9.17, 15) is 8.42 Å². The maximum Gasteiger partial charge on any atom is 0.244 e. The van der Waals surface area contributed by atoms with Gasteiger partial charge in [-0.15, -0.1) is 0 Å². The largest absolute Gasteiger partial charge is 0.457 e. The van der Waals surface area contributed by atoms with Gasteiger partial charge in [-0.2, -0.15) is 0 Å². The highest BCUT2D eigenvalue weighted by Crippen LogP contribution is 2.51. The molecule has 0 atom stereocenters. The Hall–Kier alpha value is -0.420. The van der Waals surface area contributed by atoms with Crippen LogP contribution in [-0.4, -0.2) is 19.0 Å². The molecule has 0 spiro atoms. The van der Waals surface area contributed by atoms with Gasteiger partial charge in [0.05, 0.1) is 4.75 Å². The van der Waals surface area contributed by atoms with Gasteiger partial charge in [-0.25, -0.2) is 8.42 Å². The molecule has 0 bridgehead atoms. The fourth-order valence-electron chi connectivity index (χ4n) is 1.61. The van der Waals surface area contributed by atoms with Crippen LogP contribution in [0.25, 0.3) is 0 Å². The lowest BCUT2D eigenvalue weighted by atomic mass is 10.2. The topological polar surface area (TPSA) is 52.6 Å². The first-order chi connectivity index (χ1) is 6.74. The Kier molecular flexibility index (Phi) is 2.25. The maximum absolute atomic E-state index is 11.3. The van der Waals surface area contributed by atoms with E-state index in [0.717, 1.165) is 0 Å². The molecule has 0 aromatic heterocycles. The minimum atomic E-state index is -3.52. The smallest absolute Gasteiger partial charge is 0.244 e. The van der Waals surface area contributed by atoms with Crippen molar-refractivity contribution in [2.45, 2.75) is 43.6 Å². The molecule has 0 N–H and O–H groups in total. The summed E-state index contributed by atoms with van der Waals surface area (Å²) in [7, 11) is 1.87. The molecule has 4 nitrogen and oxygen atoms in total. The van der Waals surface area contributed by atoms with E-state index >= 15 is 0 Å². The Bertz CT molecular complexity index is 406. The predicted octanol–water partition coefficient (Wildman–Crippen LogP) is 2.10. The number of hydrogen-bond donors (Lipinski definition) is 0. The minimum absolute atomic E-state index is 0.308. The first-order valence-electron chi connectivity index (χ1n) is 4.74. The maximum atomic E-state index is 11.3. The van der Waals surface area contributed by atoms with Crippen LogP contribution in [0, 0.1) is 0 Å². The molecule has 1 fully saturated rings. The second kappa shape index (κ2) is 3.04. The first kappa shape index (κ1) is 11.1. The molecule has 1 aliphatic carbocycles. The highest BCUT2D eigenvalue weighted by atomic mass is 35.7. The molecule has 0 aromatic rings. The number of rotatable bonds is 3. The van der Waals surface area contributed by atoms with Gasteiger partial charge < -0.3 is 9.47 Å². The zero-order valence-corrected chi connectivity index (χ0v) is 10.2. The molecule has 0 aromatic carbocycles. The molecule has 1 aliphatic heterocycles. The predicted molar refractivity (Wildman–Crippen MR) is 55.7 cm³/mol. The van der Waals surface area contributed by atoms with Crippen molar-refractivity contribution in [2.24, 2.45) is 0 Å². The minimum Gasteiger partial charge on any atom is -0.457 e. The third-order valence-corrected chi connectivity index (χ3v) is 5.24. The lowest BCUT2D eigenvalue weighted by Crippen LogP contribution is -2.23. The molecule has 1 heterocycles. The number of hydrogen-bond acceptors (Lipinski definition) is 4. The summed E-state index contributed by atoms with van der Waals surface area (Å²) in [4.78, 5) is 0. The molecule has 86 valence electrons. The van der Waals surface area contributed by atoms with Crippen molar-refractivity contribution in [2.75, 3.05) is 0 Å². The Labute approximate surface area is 93.6 Å². The van der Waals surface area contributed by atoms with Gasteiger partial charge in [-0.1, -0.05) is 0 Å². The molecule has 0 saturated heterocycles. The highest BCUT2D eigenvalue weighted by molar-refractivity contribution is 8.15. The van der Waals surface area contributed by atoms with Crippen LogP contribution < -0.4 is 0 Å². The van der Waals surface area contributed by atoms with Crippen LogP contribution in [0.2, 0.25) is 0 Å². The molecule has 15 heavy (non-hydrogen) atoms. The third kappa shape index (κ3) is 2.08. The van der Waals surface area contributed by atoms with Crippen molar-refractivity contribution in [3.8, 4) is 0 Å². The van der Waals surface area contributed by atoms with E-state index in [2.05, 4.69) is 0 Å². The number of halogens is 1. The second-order valence-corrected chi connectivity index (χ2v) is 7.46. The van der Waals surface area contributed by atoms with E-state index in [1.165, 1.54) is 6.26 Å². The lowest BCUT2D eigenvalue weighted by molar-refractivity contribution is -0.117. The molecule has 1 saturated carbocycles. The summed E-state index contributed by atoms with van der Waals surface area (Å²) in [6.07, 6.45) is 2.98. The number of allylic oxidation sites excluding steroid dienone is 1. The summed E-state index contributed by atoms with van der Waals surface area (Å²) < 4.78 is 32.5. The lowest BCUT2D eigenvalue weighted by Gasteiger charge is -2.19. The van der Waals surface area contributed by atoms with Crippen molar-refractivity contribution >= 4 is 19.7 Å². The Balaban J connectivity index is 2.06. The molecular weight excluding hydrogens is 240 g/mol. The average molecular weight is 253 g/mol. The van der Waals surface area contributed by atoms with Crippen LogP contribution in [0.15, 0.2) is 12.0 Å². The van der Waals surface area contributed by atoms with Gasteiger partial charge >= 0.3 is 0 Å². The van der Waals surface area contributed by atoms with Crippen LogP contribution in [0.3, 0.4) is 0 Å². The van der Waals surface area contributed by atoms with Gasteiger partial charge in [-0.05, 0) is 12.8 Å². The summed E-state index contributed by atoms with van der Waals surface area (Å²) in [6, 6.07) is 0. The van der Waals surface area contributed by atoms with Gasteiger partial charge in [-0.3, -0.25) is 0 Å². The van der Waals surface area contributed by atoms with Crippen molar-refractivity contribution in [3.05, 3.63) is 12.0 Å². The molecule has 6 heteroatoms. The zero-order valence-electron chi connectivity index (χ0n) is 8.62. The van der Waals surface area contributed by atoms with E-state index in [-0.39, 0.29) is 0 Å². The monoisotopic (exact) mass is 252 g/mol. The van der Waals surface area contributed by atoms with Crippen LogP contribution >= 0.6 is 10.7 Å². The summed E-state index contributed by atoms with van der Waals surface area (Å²) in [5.41, 5.74) is 0. The van der Waals surface area contributed by atoms with Gasteiger partial charge in [0.2, 0.25) is 14.8 Å². The third-order valence-electron chi connectivity index (χ3n) is 2.67. The van der Waals surface area contributed by atoms with Crippen LogP contribution in [-0.2, 0) is 18.5 Å². The van der Waals surface area contributed by atoms with E-state index in [4.69, 9.17) is 20.2 Å². The van der Waals surface area contributed by atoms with E-state index in [1.807, 2.05) is 0 Å². The van der Waals surface area contributed by atoms with Gasteiger partial charge in [0, 0.05) is 31.0 Å². The van der Waals surface area contributed by atoms with Crippen molar-refractivity contribution in [3.63, 3.8) is 0 Å². The van der Waals surface area contributed by atoms with E-state index < -0.39 is 19.6 Å². The fraction of sp³-hybridized carbons (Fsp3) is 0.778. The molecule has 0 radical (unpaired) electrons. The molecule has 2 aliphatic rings. The Morgan fingerprint density at radius 1 is 1.47 bits per heavy atom. The average Bonchev–Trinajstić information content (AvgIpc) is 2.73. The van der Waals surface area contributed by atoms with Crippen LogP contribution in [0.1, 0.15) is 33.1 Å². The van der Waals surface area contributed by atoms with Crippen molar-refractivity contribution in [1.29, 1.82) is 0 Å². The highest BCUT2D eigenvalue weighted by Gasteiger charge is 2.55. The Morgan fingerprint density at radius 2 is 2.07 bits per heavy atom. The van der Waals surface area contributed by atoms with E-state index in [0.29, 0.717) is 25.0 Å². The normalized spacial score (nSPS) is 26.5. The van der Waals surface area contributed by atoms with Crippen LogP contribution in [0.5, 0.6) is 0 Å². The SMILES string of the molecule is CC1(C)OC=C(CC2(S(=O)(=O)Cl)CC2)O1. The molecule has 0 unspecified atom stereocenters. The molecule has 0 amide bonds. The van der Waals surface area contributed by atoms with Crippen molar-refractivity contribution in [1.82, 2.24) is 0 Å². The fourth-order valence-corrected chi connectivity index (χ4v) is 3.14. The van der Waals surface area contributed by atoms with Gasteiger partial charge in [0.25, 0.3) is 0 Å². The number of ether oxygens (including phenoxy) is 2. The summed E-state index contributed by atoms with van der Waals surface area (Å²) in [5.74, 6) is -0.136. The summed E-state index contributed by atoms with van der Waals surface area (Å²) in [5, 5.41) is 0. The standard InChI is InChI=1S/C9H13ClO4S/c1-8(2)13-6-7(14-8)5-9(3-4-9)15(10,11)12/h6H,3-5H2,1-2H3. The van der Waals surface area contributed by atoms with Gasteiger partial charge in [0.1, 0.15) is 12.0 Å². The Morgan fingerprint density at radius 3 is 2.40 bits per heavy atom. The van der Waals surface area contributed by atoms with Crippen LogP contribution in [0.4, 0.5) is 0 Å². The summed E-state index contributed by atoms with van der Waals surface area (Å²) >= 11 is 0. The second-order valence-electron chi connectivity index (χ2n) is 4.50. The molecule has 2 rings (SSSR count). The van der Waals surface area contributed by atoms with Gasteiger partial charge in [0.15, 0.2) is 0 Å². The van der Waals surface area contributed by atoms with Crippen molar-refractivity contribution < 1.29 is 17.9 Å². The zero-order chi connectivity index (χ0) is 11.3. The quantitative estimate of drug-likeness (QED) is 0.722. The molecular formula is C9H13ClO4S. The van der Waals surface area contributed by atoms with E-state index in [1.54, 1.807) is 13.8 Å². The first-order valence-corrected chi connectivity index (χ1v) is 7.05. The summed E-state index contributed by atoms with van der Waals surface area (Å²) in [6.45, 7) is 3.54.